The zero-order valence-electron chi connectivity index (χ0n) is 16.1. The molecule has 0 aromatic heterocycles. The van der Waals surface area contributed by atoms with Crippen molar-refractivity contribution < 1.29 is 9.53 Å². The van der Waals surface area contributed by atoms with E-state index in [0.29, 0.717) is 23.2 Å². The van der Waals surface area contributed by atoms with E-state index in [4.69, 9.17) is 27.9 Å². The topological polar surface area (TPSA) is 41.6 Å². The molecule has 0 radical (unpaired) electrons. The van der Waals surface area contributed by atoms with Crippen molar-refractivity contribution >= 4 is 29.1 Å². The number of carbonyl (C=O) groups excluding carboxylic acids is 1. The number of halogens is 2. The lowest BCUT2D eigenvalue weighted by Crippen LogP contribution is -2.41. The molecule has 6 heteroatoms. The number of hydrogen-bond acceptors (Lipinski definition) is 3. The number of carbonyl (C=O) groups is 1. The monoisotopic (exact) mass is 420 g/mol. The zero-order chi connectivity index (χ0) is 19.9. The molecule has 0 saturated carbocycles. The van der Waals surface area contributed by atoms with Crippen LogP contribution in [-0.2, 0) is 11.3 Å². The quantitative estimate of drug-likeness (QED) is 0.659. The first kappa shape index (κ1) is 21.0. The smallest absolute Gasteiger partial charge is 0.223 e. The summed E-state index contributed by atoms with van der Waals surface area (Å²) in [6.07, 6.45) is 1.70. The number of hydrogen-bond donors (Lipinski definition) is 1. The average molecular weight is 421 g/mol. The molecule has 3 rings (SSSR count). The van der Waals surface area contributed by atoms with Crippen molar-refractivity contribution in [1.82, 2.24) is 10.2 Å². The fraction of sp³-hybridized carbons (Fsp3) is 0.409. The first-order valence-corrected chi connectivity index (χ1v) is 10.4. The summed E-state index contributed by atoms with van der Waals surface area (Å²) in [6, 6.07) is 13.6. The Balaban J connectivity index is 1.37. The third kappa shape index (κ3) is 5.87. The first-order chi connectivity index (χ1) is 13.5. The Morgan fingerprint density at radius 1 is 1.18 bits per heavy atom. The highest BCUT2D eigenvalue weighted by atomic mass is 35.5. The minimum Gasteiger partial charge on any atom is -0.492 e. The molecule has 0 unspecified atom stereocenters. The van der Waals surface area contributed by atoms with Crippen molar-refractivity contribution in [3.8, 4) is 5.75 Å². The van der Waals surface area contributed by atoms with E-state index in [0.717, 1.165) is 49.4 Å². The Kier molecular flexibility index (Phi) is 7.60. The number of nitrogens with zero attached hydrogens (tertiary/aromatic N) is 1. The first-order valence-electron chi connectivity index (χ1n) is 9.65. The number of piperidine rings is 1. The van der Waals surface area contributed by atoms with Crippen molar-refractivity contribution in [1.29, 1.82) is 0 Å². The standard InChI is InChI=1S/C22H26Cl2N2O2/c1-16-4-2-6-19(14-16)28-13-10-25-22(27)17-8-11-26(12-9-17)15-18-5-3-7-20(23)21(18)24/h2-7,14,17H,8-13,15H2,1H3,(H,25,27). The molecule has 0 spiro atoms. The predicted octanol–water partition coefficient (Wildman–Crippen LogP) is 4.71. The van der Waals surface area contributed by atoms with Crippen molar-refractivity contribution in [2.24, 2.45) is 5.92 Å². The van der Waals surface area contributed by atoms with Crippen LogP contribution in [0.4, 0.5) is 0 Å². The van der Waals surface area contributed by atoms with Crippen LogP contribution in [0.5, 0.6) is 5.75 Å². The van der Waals surface area contributed by atoms with Gasteiger partial charge in [0.1, 0.15) is 12.4 Å². The van der Waals surface area contributed by atoms with Gasteiger partial charge in [-0.05, 0) is 62.2 Å². The van der Waals surface area contributed by atoms with Gasteiger partial charge in [-0.15, -0.1) is 0 Å². The van der Waals surface area contributed by atoms with Crippen LogP contribution in [0.1, 0.15) is 24.0 Å². The van der Waals surface area contributed by atoms with Gasteiger partial charge < -0.3 is 10.1 Å². The molecule has 1 aliphatic heterocycles. The van der Waals surface area contributed by atoms with Crippen LogP contribution in [0, 0.1) is 12.8 Å². The van der Waals surface area contributed by atoms with E-state index in [1.165, 1.54) is 0 Å². The van der Waals surface area contributed by atoms with E-state index >= 15 is 0 Å². The summed E-state index contributed by atoms with van der Waals surface area (Å²) in [5.74, 6) is 1.01. The molecular formula is C22H26Cl2N2O2. The Bertz CT molecular complexity index is 805. The molecule has 0 aliphatic carbocycles. The van der Waals surface area contributed by atoms with E-state index < -0.39 is 0 Å². The van der Waals surface area contributed by atoms with Gasteiger partial charge >= 0.3 is 0 Å². The molecular weight excluding hydrogens is 395 g/mol. The van der Waals surface area contributed by atoms with Crippen molar-refractivity contribution in [3.63, 3.8) is 0 Å². The molecule has 1 heterocycles. The number of likely N-dealkylation sites (tertiary alicyclic amines) is 1. The number of nitrogens with one attached hydrogen (secondary N) is 1. The summed E-state index contributed by atoms with van der Waals surface area (Å²) >= 11 is 12.4. The normalized spacial score (nSPS) is 15.4. The summed E-state index contributed by atoms with van der Waals surface area (Å²) in [5.41, 5.74) is 2.19. The molecule has 28 heavy (non-hydrogen) atoms. The van der Waals surface area contributed by atoms with Crippen molar-refractivity contribution in [3.05, 3.63) is 63.6 Å². The minimum atomic E-state index is 0.0602. The van der Waals surface area contributed by atoms with Gasteiger partial charge in [0.05, 0.1) is 16.6 Å². The predicted molar refractivity (Wildman–Crippen MR) is 114 cm³/mol. The Morgan fingerprint density at radius 2 is 1.93 bits per heavy atom. The SMILES string of the molecule is Cc1cccc(OCCNC(=O)C2CCN(Cc3cccc(Cl)c3Cl)CC2)c1. The van der Waals surface area contributed by atoms with E-state index in [1.54, 1.807) is 6.07 Å². The summed E-state index contributed by atoms with van der Waals surface area (Å²) in [6.45, 7) is 5.53. The lowest BCUT2D eigenvalue weighted by Gasteiger charge is -2.31. The van der Waals surface area contributed by atoms with Gasteiger partial charge in [-0.3, -0.25) is 9.69 Å². The number of amides is 1. The molecule has 0 atom stereocenters. The van der Waals surface area contributed by atoms with E-state index in [1.807, 2.05) is 43.3 Å². The Morgan fingerprint density at radius 3 is 2.68 bits per heavy atom. The van der Waals surface area contributed by atoms with Gasteiger partial charge in [-0.2, -0.15) is 0 Å². The summed E-state index contributed by atoms with van der Waals surface area (Å²) in [5, 5.41) is 4.20. The number of benzene rings is 2. The highest BCUT2D eigenvalue weighted by molar-refractivity contribution is 6.42. The number of aryl methyl sites for hydroxylation is 1. The van der Waals surface area contributed by atoms with Crippen LogP contribution >= 0.6 is 23.2 Å². The molecule has 4 nitrogen and oxygen atoms in total. The van der Waals surface area contributed by atoms with Gasteiger partial charge in [-0.1, -0.05) is 47.5 Å². The molecule has 1 fully saturated rings. The molecule has 0 bridgehead atoms. The lowest BCUT2D eigenvalue weighted by molar-refractivity contribution is -0.126. The van der Waals surface area contributed by atoms with Gasteiger partial charge in [0.2, 0.25) is 5.91 Å². The molecule has 150 valence electrons. The summed E-state index contributed by atoms with van der Waals surface area (Å²) in [7, 11) is 0. The molecule has 1 amide bonds. The van der Waals surface area contributed by atoms with Crippen LogP contribution in [0.25, 0.3) is 0 Å². The molecule has 1 N–H and O–H groups in total. The highest BCUT2D eigenvalue weighted by Crippen LogP contribution is 2.28. The molecule has 2 aromatic rings. The lowest BCUT2D eigenvalue weighted by atomic mass is 9.95. The van der Waals surface area contributed by atoms with Crippen molar-refractivity contribution in [2.75, 3.05) is 26.2 Å². The van der Waals surface area contributed by atoms with E-state index in [2.05, 4.69) is 10.2 Å². The Labute approximate surface area is 176 Å². The average Bonchev–Trinajstić information content (AvgIpc) is 2.69. The zero-order valence-corrected chi connectivity index (χ0v) is 17.6. The van der Waals surface area contributed by atoms with Crippen LogP contribution in [-0.4, -0.2) is 37.0 Å². The van der Waals surface area contributed by atoms with Crippen LogP contribution in [0.3, 0.4) is 0 Å². The van der Waals surface area contributed by atoms with Crippen LogP contribution in [0.2, 0.25) is 10.0 Å². The van der Waals surface area contributed by atoms with Crippen molar-refractivity contribution in [2.45, 2.75) is 26.3 Å². The third-order valence-corrected chi connectivity index (χ3v) is 5.90. The van der Waals surface area contributed by atoms with Crippen LogP contribution < -0.4 is 10.1 Å². The second kappa shape index (κ2) is 10.1. The number of ether oxygens (including phenoxy) is 1. The molecule has 1 aliphatic rings. The van der Waals surface area contributed by atoms with E-state index in [9.17, 15) is 4.79 Å². The van der Waals surface area contributed by atoms with Gasteiger partial charge in [0.15, 0.2) is 0 Å². The molecule has 1 saturated heterocycles. The second-order valence-corrected chi connectivity index (χ2v) is 8.00. The Hall–Kier alpha value is -1.75. The summed E-state index contributed by atoms with van der Waals surface area (Å²) in [4.78, 5) is 14.7. The fourth-order valence-corrected chi connectivity index (χ4v) is 3.84. The maximum absolute atomic E-state index is 12.4. The van der Waals surface area contributed by atoms with E-state index in [-0.39, 0.29) is 11.8 Å². The largest absolute Gasteiger partial charge is 0.492 e. The summed E-state index contributed by atoms with van der Waals surface area (Å²) < 4.78 is 5.68. The maximum Gasteiger partial charge on any atom is 0.223 e. The fourth-order valence-electron chi connectivity index (χ4n) is 3.46. The second-order valence-electron chi connectivity index (χ2n) is 7.22. The van der Waals surface area contributed by atoms with Gasteiger partial charge in [0.25, 0.3) is 0 Å². The third-order valence-electron chi connectivity index (χ3n) is 5.04. The highest BCUT2D eigenvalue weighted by Gasteiger charge is 2.25. The van der Waals surface area contributed by atoms with Crippen LogP contribution in [0.15, 0.2) is 42.5 Å². The minimum absolute atomic E-state index is 0.0602. The van der Waals surface area contributed by atoms with Gasteiger partial charge in [-0.25, -0.2) is 0 Å². The maximum atomic E-state index is 12.4. The molecule has 2 aromatic carbocycles. The number of rotatable bonds is 7. The van der Waals surface area contributed by atoms with Gasteiger partial charge in [0, 0.05) is 12.5 Å².